The fraction of sp³-hybridized carbons (Fsp3) is 0.333. The molecular weight excluding hydrogens is 308 g/mol. The lowest BCUT2D eigenvalue weighted by Crippen LogP contribution is -2.34. The van der Waals surface area contributed by atoms with E-state index in [2.05, 4.69) is 10.3 Å². The average Bonchev–Trinajstić information content (AvgIpc) is 2.98. The highest BCUT2D eigenvalue weighted by atomic mass is 32.1. The lowest BCUT2D eigenvalue weighted by atomic mass is 9.94. The number of hydrogen-bond donors (Lipinski definition) is 1. The number of thiocarbonyl (C=S) groups is 1. The van der Waals surface area contributed by atoms with E-state index in [9.17, 15) is 13.6 Å². The van der Waals surface area contributed by atoms with E-state index in [4.69, 9.17) is 17.5 Å². The summed E-state index contributed by atoms with van der Waals surface area (Å²) in [6, 6.07) is 4.98. The SMILES string of the molecule is CC1(c2ccc(C3=C(C#N)C(=O)NC(=S)C3)cn2)CC1(F)F. The van der Waals surface area contributed by atoms with Crippen LogP contribution in [0.25, 0.3) is 5.57 Å². The van der Waals surface area contributed by atoms with E-state index in [0.29, 0.717) is 21.8 Å². The van der Waals surface area contributed by atoms with Gasteiger partial charge in [0.05, 0.1) is 16.1 Å². The van der Waals surface area contributed by atoms with E-state index in [0.717, 1.165) is 0 Å². The number of aromatic nitrogens is 1. The molecular formula is C15H11F2N3OS. The lowest BCUT2D eigenvalue weighted by molar-refractivity contribution is -0.115. The smallest absolute Gasteiger partial charge is 0.267 e. The Kier molecular flexibility index (Phi) is 3.11. The topological polar surface area (TPSA) is 65.8 Å². The summed E-state index contributed by atoms with van der Waals surface area (Å²) in [4.78, 5) is 16.2. The molecule has 1 aromatic rings. The van der Waals surface area contributed by atoms with E-state index in [-0.39, 0.29) is 18.4 Å². The normalized spacial score (nSPS) is 26.5. The van der Waals surface area contributed by atoms with E-state index in [1.165, 1.54) is 19.2 Å². The second-order valence-electron chi connectivity index (χ2n) is 5.66. The molecule has 112 valence electrons. The highest BCUT2D eigenvalue weighted by Crippen LogP contribution is 2.60. The number of nitriles is 1. The van der Waals surface area contributed by atoms with Gasteiger partial charge < -0.3 is 5.32 Å². The lowest BCUT2D eigenvalue weighted by Gasteiger charge is -2.18. The summed E-state index contributed by atoms with van der Waals surface area (Å²) in [6.45, 7) is 1.47. The first-order valence-electron chi connectivity index (χ1n) is 6.61. The van der Waals surface area contributed by atoms with E-state index in [1.807, 2.05) is 6.07 Å². The highest BCUT2D eigenvalue weighted by molar-refractivity contribution is 7.80. The van der Waals surface area contributed by atoms with Gasteiger partial charge in [-0.25, -0.2) is 8.78 Å². The zero-order valence-corrected chi connectivity index (χ0v) is 12.4. The molecule has 1 unspecified atom stereocenters. The van der Waals surface area contributed by atoms with Crippen LogP contribution in [-0.4, -0.2) is 21.8 Å². The molecule has 7 heteroatoms. The number of pyridine rings is 1. The predicted octanol–water partition coefficient (Wildman–Crippen LogP) is 2.50. The molecule has 0 radical (unpaired) electrons. The van der Waals surface area contributed by atoms with Gasteiger partial charge in [-0.1, -0.05) is 18.3 Å². The van der Waals surface area contributed by atoms with Crippen molar-refractivity contribution in [1.29, 1.82) is 5.26 Å². The Morgan fingerprint density at radius 1 is 1.45 bits per heavy atom. The molecule has 1 fully saturated rings. The molecule has 3 rings (SSSR count). The summed E-state index contributed by atoms with van der Waals surface area (Å²) >= 11 is 4.99. The molecule has 0 bridgehead atoms. The van der Waals surface area contributed by atoms with E-state index in [1.54, 1.807) is 6.07 Å². The molecule has 0 spiro atoms. The third kappa shape index (κ3) is 2.11. The third-order valence-corrected chi connectivity index (χ3v) is 4.41. The Bertz CT molecular complexity index is 764. The number of carbonyl (C=O) groups excluding carboxylic acids is 1. The Morgan fingerprint density at radius 3 is 2.64 bits per heavy atom. The zero-order valence-electron chi connectivity index (χ0n) is 11.6. The number of halogens is 2. The Balaban J connectivity index is 1.98. The average molecular weight is 319 g/mol. The van der Waals surface area contributed by atoms with Gasteiger partial charge in [-0.2, -0.15) is 5.26 Å². The van der Waals surface area contributed by atoms with Crippen LogP contribution >= 0.6 is 12.2 Å². The minimum Gasteiger partial charge on any atom is -0.315 e. The zero-order chi connectivity index (χ0) is 16.1. The second kappa shape index (κ2) is 4.65. The summed E-state index contributed by atoms with van der Waals surface area (Å²) in [5.41, 5.74) is 0.0828. The van der Waals surface area contributed by atoms with Gasteiger partial charge >= 0.3 is 0 Å². The monoisotopic (exact) mass is 319 g/mol. The molecule has 0 saturated heterocycles. The van der Waals surface area contributed by atoms with Crippen LogP contribution in [0.2, 0.25) is 0 Å². The van der Waals surface area contributed by atoms with Gasteiger partial charge in [-0.3, -0.25) is 9.78 Å². The van der Waals surface area contributed by atoms with Crippen LogP contribution in [0.5, 0.6) is 0 Å². The molecule has 1 saturated carbocycles. The molecule has 1 aliphatic heterocycles. The number of hydrogen-bond acceptors (Lipinski definition) is 4. The third-order valence-electron chi connectivity index (χ3n) is 4.17. The van der Waals surface area contributed by atoms with Crippen molar-refractivity contribution in [2.24, 2.45) is 0 Å². The van der Waals surface area contributed by atoms with Crippen LogP contribution in [0.3, 0.4) is 0 Å². The number of alkyl halides is 2. The number of carbonyl (C=O) groups is 1. The summed E-state index contributed by atoms with van der Waals surface area (Å²) in [5.74, 6) is -3.27. The molecule has 2 heterocycles. The summed E-state index contributed by atoms with van der Waals surface area (Å²) in [6.07, 6.45) is 1.45. The molecule has 1 aromatic heterocycles. The van der Waals surface area contributed by atoms with E-state index < -0.39 is 17.2 Å². The van der Waals surface area contributed by atoms with Gasteiger partial charge in [0.1, 0.15) is 11.6 Å². The Morgan fingerprint density at radius 2 is 2.14 bits per heavy atom. The van der Waals surface area contributed by atoms with Crippen LogP contribution < -0.4 is 5.32 Å². The number of rotatable bonds is 2. The first-order valence-corrected chi connectivity index (χ1v) is 7.01. The second-order valence-corrected chi connectivity index (χ2v) is 6.16. The van der Waals surface area contributed by atoms with Crippen molar-refractivity contribution in [3.63, 3.8) is 0 Å². The maximum atomic E-state index is 13.4. The quantitative estimate of drug-likeness (QED) is 0.851. The largest absolute Gasteiger partial charge is 0.315 e. The fourth-order valence-corrected chi connectivity index (χ4v) is 2.80. The molecule has 1 N–H and O–H groups in total. The molecule has 1 amide bonds. The molecule has 2 aliphatic rings. The van der Waals surface area contributed by atoms with Gasteiger partial charge in [0.15, 0.2) is 0 Å². The summed E-state index contributed by atoms with van der Waals surface area (Å²) in [7, 11) is 0. The molecule has 1 atom stereocenters. The molecule has 0 aromatic carbocycles. The van der Waals surface area contributed by atoms with Crippen molar-refractivity contribution >= 4 is 28.7 Å². The van der Waals surface area contributed by atoms with Crippen LogP contribution in [0, 0.1) is 11.3 Å². The van der Waals surface area contributed by atoms with Gasteiger partial charge in [0.2, 0.25) is 0 Å². The first-order chi connectivity index (χ1) is 10.3. The van der Waals surface area contributed by atoms with Crippen molar-refractivity contribution in [1.82, 2.24) is 10.3 Å². The van der Waals surface area contributed by atoms with Crippen molar-refractivity contribution in [3.8, 4) is 6.07 Å². The van der Waals surface area contributed by atoms with Gasteiger partial charge in [0.25, 0.3) is 11.8 Å². The minimum atomic E-state index is -2.73. The minimum absolute atomic E-state index is 0.0221. The highest BCUT2D eigenvalue weighted by Gasteiger charge is 2.69. The van der Waals surface area contributed by atoms with E-state index >= 15 is 0 Å². The molecule has 22 heavy (non-hydrogen) atoms. The van der Waals surface area contributed by atoms with Crippen LogP contribution in [0.1, 0.15) is 31.0 Å². The maximum Gasteiger partial charge on any atom is 0.267 e. The first kappa shape index (κ1) is 14.7. The van der Waals surface area contributed by atoms with Crippen LogP contribution in [-0.2, 0) is 10.2 Å². The molecule has 1 aliphatic carbocycles. The van der Waals surface area contributed by atoms with Crippen molar-refractivity contribution in [2.75, 3.05) is 0 Å². The van der Waals surface area contributed by atoms with Gasteiger partial charge in [0, 0.05) is 19.0 Å². The summed E-state index contributed by atoms with van der Waals surface area (Å²) < 4.78 is 26.8. The van der Waals surface area contributed by atoms with Crippen molar-refractivity contribution < 1.29 is 13.6 Å². The van der Waals surface area contributed by atoms with Gasteiger partial charge in [-0.15, -0.1) is 0 Å². The van der Waals surface area contributed by atoms with Crippen molar-refractivity contribution in [3.05, 3.63) is 35.2 Å². The summed E-state index contributed by atoms with van der Waals surface area (Å²) in [5, 5.41) is 11.5. The maximum absolute atomic E-state index is 13.4. The predicted molar refractivity (Wildman–Crippen MR) is 79.0 cm³/mol. The fourth-order valence-electron chi connectivity index (χ4n) is 2.56. The number of nitrogens with one attached hydrogen (secondary N) is 1. The number of amides is 1. The Hall–Kier alpha value is -2.20. The molecule has 4 nitrogen and oxygen atoms in total. The Labute approximate surface area is 130 Å². The van der Waals surface area contributed by atoms with Crippen LogP contribution in [0.4, 0.5) is 8.78 Å². The standard InChI is InChI=1S/C15H11F2N3OS/c1-14(7-15(14,16)17)11-3-2-8(6-19-11)9-4-12(22)20-13(21)10(9)5-18/h2-3,6H,4,7H2,1H3,(H,20,21,22). The van der Waals surface area contributed by atoms with Gasteiger partial charge in [-0.05, 0) is 24.1 Å². The van der Waals surface area contributed by atoms with Crippen LogP contribution in [0.15, 0.2) is 23.9 Å². The van der Waals surface area contributed by atoms with Crippen molar-refractivity contribution in [2.45, 2.75) is 31.1 Å². The number of nitrogens with zero attached hydrogens (tertiary/aromatic N) is 2.